The smallest absolute Gasteiger partial charge is 0.266 e. The molecule has 0 aliphatic rings. The maximum atomic E-state index is 13.7. The SMILES string of the molecule is O=S(=O)(Nc1cccnn1)c1ccc(CO)cc1F. The Labute approximate surface area is 109 Å². The highest BCUT2D eigenvalue weighted by Crippen LogP contribution is 2.18. The number of nitrogens with zero attached hydrogens (tertiary/aromatic N) is 2. The molecule has 6 nitrogen and oxygen atoms in total. The van der Waals surface area contributed by atoms with E-state index in [0.717, 1.165) is 12.1 Å². The summed E-state index contributed by atoms with van der Waals surface area (Å²) < 4.78 is 39.7. The molecule has 19 heavy (non-hydrogen) atoms. The van der Waals surface area contributed by atoms with Gasteiger partial charge in [-0.25, -0.2) is 12.8 Å². The molecule has 0 saturated heterocycles. The lowest BCUT2D eigenvalue weighted by Crippen LogP contribution is -2.15. The number of sulfonamides is 1. The van der Waals surface area contributed by atoms with Gasteiger partial charge in [0.05, 0.1) is 6.61 Å². The molecule has 0 atom stereocenters. The van der Waals surface area contributed by atoms with Gasteiger partial charge in [0, 0.05) is 6.20 Å². The molecule has 1 aromatic heterocycles. The number of anilines is 1. The van der Waals surface area contributed by atoms with Gasteiger partial charge >= 0.3 is 0 Å². The molecule has 2 aromatic rings. The second-order valence-corrected chi connectivity index (χ2v) is 5.29. The summed E-state index contributed by atoms with van der Waals surface area (Å²) in [6, 6.07) is 6.26. The summed E-state index contributed by atoms with van der Waals surface area (Å²) in [5.74, 6) is -0.948. The highest BCUT2D eigenvalue weighted by Gasteiger charge is 2.19. The highest BCUT2D eigenvalue weighted by molar-refractivity contribution is 7.92. The van der Waals surface area contributed by atoms with Crippen molar-refractivity contribution in [1.29, 1.82) is 0 Å². The number of aliphatic hydroxyl groups excluding tert-OH is 1. The van der Waals surface area contributed by atoms with Crippen LogP contribution < -0.4 is 4.72 Å². The maximum absolute atomic E-state index is 13.7. The van der Waals surface area contributed by atoms with Gasteiger partial charge in [0.15, 0.2) is 5.82 Å². The summed E-state index contributed by atoms with van der Waals surface area (Å²) in [4.78, 5) is -0.518. The van der Waals surface area contributed by atoms with E-state index >= 15 is 0 Å². The van der Waals surface area contributed by atoms with Crippen LogP contribution >= 0.6 is 0 Å². The Bertz CT molecular complexity index is 677. The zero-order valence-corrected chi connectivity index (χ0v) is 10.4. The van der Waals surface area contributed by atoms with E-state index in [0.29, 0.717) is 0 Å². The fraction of sp³-hybridized carbons (Fsp3) is 0.0909. The van der Waals surface area contributed by atoms with Gasteiger partial charge in [-0.2, -0.15) is 5.10 Å². The summed E-state index contributed by atoms with van der Waals surface area (Å²) >= 11 is 0. The van der Waals surface area contributed by atoms with Crippen molar-refractivity contribution in [2.75, 3.05) is 4.72 Å². The van der Waals surface area contributed by atoms with Crippen LogP contribution in [-0.2, 0) is 16.6 Å². The molecule has 0 aliphatic heterocycles. The lowest BCUT2D eigenvalue weighted by Gasteiger charge is -2.08. The van der Waals surface area contributed by atoms with Crippen molar-refractivity contribution in [2.24, 2.45) is 0 Å². The summed E-state index contributed by atoms with van der Waals surface area (Å²) in [6.45, 7) is -0.366. The van der Waals surface area contributed by atoms with Crippen LogP contribution in [0, 0.1) is 5.82 Å². The van der Waals surface area contributed by atoms with Gasteiger partial charge in [-0.3, -0.25) is 4.72 Å². The molecule has 0 spiro atoms. The normalized spacial score (nSPS) is 11.3. The largest absolute Gasteiger partial charge is 0.392 e. The third kappa shape index (κ3) is 3.04. The molecule has 0 aliphatic carbocycles. The van der Waals surface area contributed by atoms with E-state index in [4.69, 9.17) is 5.11 Å². The lowest BCUT2D eigenvalue weighted by molar-refractivity contribution is 0.281. The third-order valence-corrected chi connectivity index (χ3v) is 3.67. The van der Waals surface area contributed by atoms with Crippen LogP contribution in [0.3, 0.4) is 0 Å². The van der Waals surface area contributed by atoms with E-state index in [-0.39, 0.29) is 18.0 Å². The second-order valence-electron chi connectivity index (χ2n) is 3.64. The van der Waals surface area contributed by atoms with Crippen LogP contribution in [-0.4, -0.2) is 23.7 Å². The Balaban J connectivity index is 2.35. The topological polar surface area (TPSA) is 92.2 Å². The summed E-state index contributed by atoms with van der Waals surface area (Å²) in [5.41, 5.74) is 0.288. The summed E-state index contributed by atoms with van der Waals surface area (Å²) in [5, 5.41) is 15.9. The number of benzene rings is 1. The van der Waals surface area contributed by atoms with E-state index in [2.05, 4.69) is 14.9 Å². The predicted molar refractivity (Wildman–Crippen MR) is 65.2 cm³/mol. The number of halogens is 1. The minimum atomic E-state index is -4.08. The zero-order valence-electron chi connectivity index (χ0n) is 9.62. The van der Waals surface area contributed by atoms with Crippen molar-refractivity contribution in [3.8, 4) is 0 Å². The first-order chi connectivity index (χ1) is 9.03. The monoisotopic (exact) mass is 283 g/mol. The third-order valence-electron chi connectivity index (χ3n) is 2.28. The van der Waals surface area contributed by atoms with E-state index in [1.165, 1.54) is 24.4 Å². The first kappa shape index (κ1) is 13.4. The first-order valence-corrected chi connectivity index (χ1v) is 6.71. The van der Waals surface area contributed by atoms with Crippen LogP contribution in [0.1, 0.15) is 5.56 Å². The quantitative estimate of drug-likeness (QED) is 0.870. The molecule has 0 saturated carbocycles. The van der Waals surface area contributed by atoms with Crippen LogP contribution in [0.4, 0.5) is 10.2 Å². The molecule has 0 amide bonds. The van der Waals surface area contributed by atoms with Crippen molar-refractivity contribution in [1.82, 2.24) is 10.2 Å². The van der Waals surface area contributed by atoms with Crippen molar-refractivity contribution in [3.05, 3.63) is 47.9 Å². The standard InChI is InChI=1S/C11H10FN3O3S/c12-9-6-8(7-16)3-4-10(9)19(17,18)15-11-2-1-5-13-14-11/h1-6,16H,7H2,(H,14,15). The summed E-state index contributed by atoms with van der Waals surface area (Å²) in [7, 11) is -4.08. The molecule has 0 fully saturated rings. The fourth-order valence-corrected chi connectivity index (χ4v) is 2.47. The molecule has 2 N–H and O–H groups in total. The molecular weight excluding hydrogens is 273 g/mol. The van der Waals surface area contributed by atoms with Gasteiger partial charge in [-0.15, -0.1) is 5.10 Å². The van der Waals surface area contributed by atoms with Gasteiger partial charge in [0.2, 0.25) is 0 Å². The summed E-state index contributed by atoms with van der Waals surface area (Å²) in [6.07, 6.45) is 1.38. The Morgan fingerprint density at radius 1 is 1.32 bits per heavy atom. The first-order valence-electron chi connectivity index (χ1n) is 5.23. The van der Waals surface area contributed by atoms with Crippen molar-refractivity contribution in [2.45, 2.75) is 11.5 Å². The van der Waals surface area contributed by atoms with Crippen LogP contribution in [0.15, 0.2) is 41.4 Å². The molecule has 8 heteroatoms. The Morgan fingerprint density at radius 2 is 2.11 bits per heavy atom. The number of rotatable bonds is 4. The minimum Gasteiger partial charge on any atom is -0.392 e. The van der Waals surface area contributed by atoms with E-state index in [1.807, 2.05) is 0 Å². The highest BCUT2D eigenvalue weighted by atomic mass is 32.2. The molecular formula is C11H10FN3O3S. The van der Waals surface area contributed by atoms with Crippen LogP contribution in [0.5, 0.6) is 0 Å². The van der Waals surface area contributed by atoms with Gasteiger partial charge in [0.1, 0.15) is 10.7 Å². The number of hydrogen-bond acceptors (Lipinski definition) is 5. The molecule has 1 aromatic carbocycles. The molecule has 2 rings (SSSR count). The van der Waals surface area contributed by atoms with Crippen molar-refractivity contribution in [3.63, 3.8) is 0 Å². The molecule has 100 valence electrons. The Hall–Kier alpha value is -2.06. The van der Waals surface area contributed by atoms with Crippen LogP contribution in [0.25, 0.3) is 0 Å². The Kier molecular flexibility index (Phi) is 3.72. The fourth-order valence-electron chi connectivity index (χ4n) is 1.41. The average molecular weight is 283 g/mol. The maximum Gasteiger partial charge on any atom is 0.266 e. The number of hydrogen-bond donors (Lipinski definition) is 2. The van der Waals surface area contributed by atoms with Crippen LogP contribution in [0.2, 0.25) is 0 Å². The van der Waals surface area contributed by atoms with E-state index in [1.54, 1.807) is 0 Å². The number of aliphatic hydroxyl groups is 1. The average Bonchev–Trinajstić information content (AvgIpc) is 2.38. The lowest BCUT2D eigenvalue weighted by atomic mass is 10.2. The molecule has 1 heterocycles. The van der Waals surface area contributed by atoms with E-state index in [9.17, 15) is 12.8 Å². The molecule has 0 unspecified atom stereocenters. The molecule has 0 bridgehead atoms. The minimum absolute atomic E-state index is 0.00636. The predicted octanol–water partition coefficient (Wildman–Crippen LogP) is 0.909. The van der Waals surface area contributed by atoms with Gasteiger partial charge < -0.3 is 5.11 Å². The molecule has 0 radical (unpaired) electrons. The number of aromatic nitrogens is 2. The van der Waals surface area contributed by atoms with Crippen molar-refractivity contribution >= 4 is 15.8 Å². The number of nitrogens with one attached hydrogen (secondary N) is 1. The van der Waals surface area contributed by atoms with Gasteiger partial charge in [0.25, 0.3) is 10.0 Å². The van der Waals surface area contributed by atoms with Crippen molar-refractivity contribution < 1.29 is 17.9 Å². The van der Waals surface area contributed by atoms with Gasteiger partial charge in [-0.05, 0) is 29.8 Å². The van der Waals surface area contributed by atoms with E-state index < -0.39 is 20.7 Å². The second kappa shape index (κ2) is 5.29. The van der Waals surface area contributed by atoms with Gasteiger partial charge in [-0.1, -0.05) is 6.07 Å². The zero-order chi connectivity index (χ0) is 13.9. The Morgan fingerprint density at radius 3 is 2.68 bits per heavy atom.